The van der Waals surface area contributed by atoms with E-state index in [9.17, 15) is 4.79 Å². The molecule has 1 aromatic rings. The van der Waals surface area contributed by atoms with E-state index in [1.54, 1.807) is 13.8 Å². The topological polar surface area (TPSA) is 70.8 Å². The summed E-state index contributed by atoms with van der Waals surface area (Å²) in [7, 11) is 0. The standard InChI is InChI=1S/C14H19NO4/c1-3-17-13(16)14(2,15)7-6-10-4-5-11-12(8-10)19-9-18-11/h4-5,8H,3,6-7,9,15H2,1-2H3. The SMILES string of the molecule is CCOC(=O)C(C)(N)CCc1ccc2c(c1)OCO2. The summed E-state index contributed by atoms with van der Waals surface area (Å²) < 4.78 is 15.5. The molecule has 1 unspecified atom stereocenters. The molecule has 1 heterocycles. The molecule has 2 N–H and O–H groups in total. The number of ether oxygens (including phenoxy) is 3. The first kappa shape index (κ1) is 13.7. The predicted molar refractivity (Wildman–Crippen MR) is 70.1 cm³/mol. The fourth-order valence-corrected chi connectivity index (χ4v) is 1.90. The molecule has 0 fully saturated rings. The molecule has 104 valence electrons. The Kier molecular flexibility index (Phi) is 3.95. The number of hydrogen-bond donors (Lipinski definition) is 1. The van der Waals surface area contributed by atoms with Crippen molar-refractivity contribution >= 4 is 5.97 Å². The van der Waals surface area contributed by atoms with E-state index in [-0.39, 0.29) is 12.8 Å². The van der Waals surface area contributed by atoms with Gasteiger partial charge in [0.1, 0.15) is 5.54 Å². The van der Waals surface area contributed by atoms with Crippen LogP contribution in [0.1, 0.15) is 25.8 Å². The summed E-state index contributed by atoms with van der Waals surface area (Å²) in [4.78, 5) is 11.7. The summed E-state index contributed by atoms with van der Waals surface area (Å²) in [6.07, 6.45) is 1.20. The van der Waals surface area contributed by atoms with Crippen molar-refractivity contribution in [1.29, 1.82) is 0 Å². The zero-order valence-electron chi connectivity index (χ0n) is 11.3. The van der Waals surface area contributed by atoms with Crippen molar-refractivity contribution < 1.29 is 19.0 Å². The van der Waals surface area contributed by atoms with Gasteiger partial charge in [-0.25, -0.2) is 0 Å². The van der Waals surface area contributed by atoms with Crippen molar-refractivity contribution in [3.05, 3.63) is 23.8 Å². The molecule has 5 nitrogen and oxygen atoms in total. The molecule has 0 aliphatic carbocycles. The average molecular weight is 265 g/mol. The number of fused-ring (bicyclic) bond motifs is 1. The highest BCUT2D eigenvalue weighted by atomic mass is 16.7. The van der Waals surface area contributed by atoms with Gasteiger partial charge in [-0.15, -0.1) is 0 Å². The zero-order chi connectivity index (χ0) is 13.9. The van der Waals surface area contributed by atoms with Gasteiger partial charge in [-0.05, 0) is 44.4 Å². The first-order chi connectivity index (χ1) is 9.03. The van der Waals surface area contributed by atoms with E-state index in [1.807, 2.05) is 18.2 Å². The van der Waals surface area contributed by atoms with Gasteiger partial charge in [0.15, 0.2) is 11.5 Å². The second kappa shape index (κ2) is 5.48. The summed E-state index contributed by atoms with van der Waals surface area (Å²) in [5, 5.41) is 0. The van der Waals surface area contributed by atoms with Crippen LogP contribution in [0.3, 0.4) is 0 Å². The van der Waals surface area contributed by atoms with Crippen molar-refractivity contribution in [2.75, 3.05) is 13.4 Å². The van der Waals surface area contributed by atoms with Crippen molar-refractivity contribution in [3.8, 4) is 11.5 Å². The second-order valence-electron chi connectivity index (χ2n) is 4.83. The Bertz CT molecular complexity index is 471. The van der Waals surface area contributed by atoms with E-state index in [0.717, 1.165) is 17.1 Å². The highest BCUT2D eigenvalue weighted by Crippen LogP contribution is 2.33. The molecule has 0 aromatic heterocycles. The monoisotopic (exact) mass is 265 g/mol. The van der Waals surface area contributed by atoms with Crippen molar-refractivity contribution in [3.63, 3.8) is 0 Å². The first-order valence-corrected chi connectivity index (χ1v) is 6.37. The van der Waals surface area contributed by atoms with Crippen LogP contribution in [0, 0.1) is 0 Å². The van der Waals surface area contributed by atoms with Crippen LogP contribution in [0.4, 0.5) is 0 Å². The van der Waals surface area contributed by atoms with Gasteiger partial charge in [-0.3, -0.25) is 4.79 Å². The lowest BCUT2D eigenvalue weighted by Crippen LogP contribution is -2.46. The number of rotatable bonds is 5. The number of benzene rings is 1. The van der Waals surface area contributed by atoms with E-state index in [0.29, 0.717) is 19.4 Å². The molecule has 0 spiro atoms. The number of carbonyl (C=O) groups is 1. The highest BCUT2D eigenvalue weighted by Gasteiger charge is 2.29. The lowest BCUT2D eigenvalue weighted by molar-refractivity contribution is -0.149. The summed E-state index contributed by atoms with van der Waals surface area (Å²) >= 11 is 0. The van der Waals surface area contributed by atoms with E-state index in [4.69, 9.17) is 19.9 Å². The molecule has 0 radical (unpaired) electrons. The van der Waals surface area contributed by atoms with Gasteiger partial charge in [0.25, 0.3) is 0 Å². The van der Waals surface area contributed by atoms with Crippen LogP contribution in [0.25, 0.3) is 0 Å². The summed E-state index contributed by atoms with van der Waals surface area (Å²) in [6, 6.07) is 5.74. The molecule has 0 saturated carbocycles. The number of aryl methyl sites for hydroxylation is 1. The van der Waals surface area contributed by atoms with Crippen molar-refractivity contribution in [2.45, 2.75) is 32.2 Å². The number of hydrogen-bond acceptors (Lipinski definition) is 5. The van der Waals surface area contributed by atoms with E-state index in [1.165, 1.54) is 0 Å². The molecule has 1 aromatic carbocycles. The van der Waals surface area contributed by atoms with Gasteiger partial charge < -0.3 is 19.9 Å². The number of carbonyl (C=O) groups excluding carboxylic acids is 1. The largest absolute Gasteiger partial charge is 0.465 e. The molecule has 1 aliphatic heterocycles. The van der Waals surface area contributed by atoms with E-state index >= 15 is 0 Å². The number of nitrogens with two attached hydrogens (primary N) is 1. The minimum absolute atomic E-state index is 0.260. The lowest BCUT2D eigenvalue weighted by Gasteiger charge is -2.22. The summed E-state index contributed by atoms with van der Waals surface area (Å²) in [6.45, 7) is 4.07. The van der Waals surface area contributed by atoms with Crippen LogP contribution < -0.4 is 15.2 Å². The predicted octanol–water partition coefficient (Wildman–Crippen LogP) is 1.63. The summed E-state index contributed by atoms with van der Waals surface area (Å²) in [5.74, 6) is 1.13. The Labute approximate surface area is 112 Å². The van der Waals surface area contributed by atoms with E-state index < -0.39 is 5.54 Å². The van der Waals surface area contributed by atoms with Crippen LogP contribution in [0.2, 0.25) is 0 Å². The van der Waals surface area contributed by atoms with Gasteiger partial charge in [-0.2, -0.15) is 0 Å². The lowest BCUT2D eigenvalue weighted by atomic mass is 9.94. The molecule has 0 saturated heterocycles. The van der Waals surface area contributed by atoms with Crippen molar-refractivity contribution in [1.82, 2.24) is 0 Å². The Morgan fingerprint density at radius 1 is 1.42 bits per heavy atom. The first-order valence-electron chi connectivity index (χ1n) is 6.37. The average Bonchev–Trinajstić information content (AvgIpc) is 2.84. The van der Waals surface area contributed by atoms with Gasteiger partial charge >= 0.3 is 5.97 Å². The third-order valence-corrected chi connectivity index (χ3v) is 3.11. The second-order valence-corrected chi connectivity index (χ2v) is 4.83. The van der Waals surface area contributed by atoms with Gasteiger partial charge in [0.05, 0.1) is 6.61 Å². The maximum Gasteiger partial charge on any atom is 0.325 e. The maximum atomic E-state index is 11.7. The third-order valence-electron chi connectivity index (χ3n) is 3.11. The highest BCUT2D eigenvalue weighted by molar-refractivity contribution is 5.80. The fourth-order valence-electron chi connectivity index (χ4n) is 1.90. The Morgan fingerprint density at radius 2 is 2.16 bits per heavy atom. The minimum atomic E-state index is -0.966. The van der Waals surface area contributed by atoms with E-state index in [2.05, 4.69) is 0 Å². The molecule has 5 heteroatoms. The molecular formula is C14H19NO4. The Hall–Kier alpha value is -1.75. The quantitative estimate of drug-likeness (QED) is 0.819. The smallest absolute Gasteiger partial charge is 0.325 e. The Balaban J connectivity index is 1.96. The third kappa shape index (κ3) is 3.17. The molecule has 19 heavy (non-hydrogen) atoms. The summed E-state index contributed by atoms with van der Waals surface area (Å²) in [5.41, 5.74) is 6.07. The van der Waals surface area contributed by atoms with Crippen LogP contribution >= 0.6 is 0 Å². The fraction of sp³-hybridized carbons (Fsp3) is 0.500. The van der Waals surface area contributed by atoms with Crippen molar-refractivity contribution in [2.24, 2.45) is 5.73 Å². The van der Waals surface area contributed by atoms with Crippen LogP contribution in [0.15, 0.2) is 18.2 Å². The molecule has 1 aliphatic rings. The van der Waals surface area contributed by atoms with Gasteiger partial charge in [0, 0.05) is 0 Å². The molecular weight excluding hydrogens is 246 g/mol. The number of esters is 1. The minimum Gasteiger partial charge on any atom is -0.465 e. The molecule has 2 rings (SSSR count). The zero-order valence-corrected chi connectivity index (χ0v) is 11.3. The van der Waals surface area contributed by atoms with Crippen LogP contribution in [-0.2, 0) is 16.0 Å². The van der Waals surface area contributed by atoms with Gasteiger partial charge in [-0.1, -0.05) is 6.07 Å². The Morgan fingerprint density at radius 3 is 2.89 bits per heavy atom. The maximum absolute atomic E-state index is 11.7. The normalized spacial score (nSPS) is 15.9. The molecule has 1 atom stereocenters. The molecule has 0 bridgehead atoms. The van der Waals surface area contributed by atoms with Gasteiger partial charge in [0.2, 0.25) is 6.79 Å². The van der Waals surface area contributed by atoms with Crippen LogP contribution in [0.5, 0.6) is 11.5 Å². The molecule has 0 amide bonds. The van der Waals surface area contributed by atoms with Crippen LogP contribution in [-0.4, -0.2) is 24.9 Å².